The van der Waals surface area contributed by atoms with Crippen LogP contribution in [0.2, 0.25) is 0 Å². The van der Waals surface area contributed by atoms with Crippen LogP contribution in [0.1, 0.15) is 6.23 Å². The Hall–Kier alpha value is -2.09. The molecule has 4 rings (SSSR count). The van der Waals surface area contributed by atoms with Crippen molar-refractivity contribution in [1.29, 1.82) is 0 Å². The lowest BCUT2D eigenvalue weighted by Crippen LogP contribution is -2.40. The maximum atomic E-state index is 11.9. The molecule has 0 saturated carbocycles. The molecule has 0 aliphatic carbocycles. The Kier molecular flexibility index (Phi) is 4.60. The van der Waals surface area contributed by atoms with Crippen LogP contribution < -0.4 is 11.3 Å². The zero-order chi connectivity index (χ0) is 18.3. The van der Waals surface area contributed by atoms with Crippen molar-refractivity contribution in [1.82, 2.24) is 24.6 Å². The molecule has 0 spiro atoms. The number of nitrogens with two attached hydrogens (primary N) is 1. The molecule has 0 aromatic carbocycles. The number of imidazole rings is 1. The summed E-state index contributed by atoms with van der Waals surface area (Å²) in [4.78, 5) is 27.9. The van der Waals surface area contributed by atoms with E-state index in [4.69, 9.17) is 20.0 Å². The van der Waals surface area contributed by atoms with E-state index in [-0.39, 0.29) is 23.7 Å². The molecular weight excluding hydrogens is 348 g/mol. The van der Waals surface area contributed by atoms with Crippen LogP contribution in [-0.4, -0.2) is 86.0 Å². The molecule has 4 heterocycles. The number of nitrogens with zero attached hydrogens (tertiary/aromatic N) is 4. The number of morpholine rings is 1. The molecule has 0 radical (unpaired) electrons. The van der Waals surface area contributed by atoms with Gasteiger partial charge in [0, 0.05) is 13.1 Å². The fraction of sp³-hybridized carbons (Fsp3) is 0.643. The maximum Gasteiger partial charge on any atom is 0.280 e. The van der Waals surface area contributed by atoms with Crippen molar-refractivity contribution in [3.05, 3.63) is 16.7 Å². The van der Waals surface area contributed by atoms with E-state index in [9.17, 15) is 15.0 Å². The highest BCUT2D eigenvalue weighted by Crippen LogP contribution is 2.31. The van der Waals surface area contributed by atoms with Crippen LogP contribution in [-0.2, 0) is 14.3 Å². The van der Waals surface area contributed by atoms with E-state index in [0.29, 0.717) is 26.3 Å². The minimum Gasteiger partial charge on any atom is -0.387 e. The number of H-pyrrole nitrogens is 1. The average Bonchev–Trinajstić information content (AvgIpc) is 3.16. The molecule has 5 N–H and O–H groups in total. The number of hydroxylamine groups is 2. The smallest absolute Gasteiger partial charge is 0.280 e. The Balaban J connectivity index is 1.52. The van der Waals surface area contributed by atoms with Gasteiger partial charge in [-0.2, -0.15) is 10.0 Å². The Morgan fingerprint density at radius 3 is 2.88 bits per heavy atom. The Bertz CT molecular complexity index is 833. The van der Waals surface area contributed by atoms with Crippen LogP contribution in [0.5, 0.6) is 0 Å². The van der Waals surface area contributed by atoms with Gasteiger partial charge in [-0.25, -0.2) is 4.98 Å². The molecule has 12 nitrogen and oxygen atoms in total. The molecule has 26 heavy (non-hydrogen) atoms. The van der Waals surface area contributed by atoms with Gasteiger partial charge in [0.15, 0.2) is 17.4 Å². The number of nitrogens with one attached hydrogen (secondary N) is 1. The quantitative estimate of drug-likeness (QED) is 0.457. The van der Waals surface area contributed by atoms with Crippen molar-refractivity contribution in [3.63, 3.8) is 0 Å². The first-order valence-electron chi connectivity index (χ1n) is 8.24. The Labute approximate surface area is 147 Å². The van der Waals surface area contributed by atoms with E-state index in [0.717, 1.165) is 0 Å². The van der Waals surface area contributed by atoms with Crippen LogP contribution in [0.25, 0.3) is 11.2 Å². The van der Waals surface area contributed by atoms with Crippen molar-refractivity contribution in [2.24, 2.45) is 0 Å². The third-order valence-electron chi connectivity index (χ3n) is 4.45. The largest absolute Gasteiger partial charge is 0.387 e. The Morgan fingerprint density at radius 1 is 1.35 bits per heavy atom. The number of aromatic nitrogens is 4. The number of hydrogen-bond donors (Lipinski definition) is 4. The zero-order valence-corrected chi connectivity index (χ0v) is 13.8. The van der Waals surface area contributed by atoms with E-state index in [1.54, 1.807) is 5.06 Å². The average molecular weight is 368 g/mol. The van der Waals surface area contributed by atoms with E-state index in [1.807, 2.05) is 0 Å². The maximum absolute atomic E-state index is 11.9. The summed E-state index contributed by atoms with van der Waals surface area (Å²) in [6, 6.07) is 0. The summed E-state index contributed by atoms with van der Waals surface area (Å²) >= 11 is 0. The molecule has 2 aliphatic rings. The molecule has 2 aliphatic heterocycles. The van der Waals surface area contributed by atoms with Gasteiger partial charge in [-0.15, -0.1) is 0 Å². The van der Waals surface area contributed by atoms with E-state index >= 15 is 0 Å². The van der Waals surface area contributed by atoms with Crippen LogP contribution >= 0.6 is 0 Å². The van der Waals surface area contributed by atoms with E-state index in [2.05, 4.69) is 15.0 Å². The summed E-state index contributed by atoms with van der Waals surface area (Å²) in [5, 5.41) is 22.4. The number of aliphatic hydroxyl groups is 2. The van der Waals surface area contributed by atoms with Gasteiger partial charge < -0.3 is 25.4 Å². The lowest BCUT2D eigenvalue weighted by atomic mass is 10.1. The normalized spacial score (nSPS) is 30.2. The van der Waals surface area contributed by atoms with Gasteiger partial charge in [0.25, 0.3) is 5.56 Å². The third kappa shape index (κ3) is 3.06. The predicted molar refractivity (Wildman–Crippen MR) is 86.8 cm³/mol. The van der Waals surface area contributed by atoms with E-state index in [1.165, 1.54) is 10.9 Å². The summed E-state index contributed by atoms with van der Waals surface area (Å²) < 4.78 is 12.4. The van der Waals surface area contributed by atoms with Crippen molar-refractivity contribution >= 4 is 17.1 Å². The molecule has 2 fully saturated rings. The van der Waals surface area contributed by atoms with Crippen molar-refractivity contribution < 1.29 is 24.5 Å². The second-order valence-corrected chi connectivity index (χ2v) is 6.16. The number of hydrogen-bond acceptors (Lipinski definition) is 10. The van der Waals surface area contributed by atoms with E-state index < -0.39 is 30.1 Å². The molecule has 0 amide bonds. The SMILES string of the molecule is Nc1nc2c(ncn2[C@@H]2O[C@H](CON3CCOCC3)[C@@H](O)[C@H]2O)c(=O)[nH]1. The lowest BCUT2D eigenvalue weighted by molar-refractivity contribution is -0.217. The third-order valence-corrected chi connectivity index (χ3v) is 4.45. The molecule has 2 saturated heterocycles. The molecule has 4 atom stereocenters. The summed E-state index contributed by atoms with van der Waals surface area (Å²) in [7, 11) is 0. The number of ether oxygens (including phenoxy) is 2. The highest BCUT2D eigenvalue weighted by atomic mass is 16.7. The van der Waals surface area contributed by atoms with Gasteiger partial charge in [0.2, 0.25) is 5.95 Å². The number of aromatic amines is 1. The van der Waals surface area contributed by atoms with Crippen LogP contribution in [0, 0.1) is 0 Å². The van der Waals surface area contributed by atoms with Crippen LogP contribution in [0.4, 0.5) is 5.95 Å². The first-order chi connectivity index (χ1) is 12.5. The molecule has 0 unspecified atom stereocenters. The minimum absolute atomic E-state index is 0.0670. The molecule has 2 aromatic rings. The zero-order valence-electron chi connectivity index (χ0n) is 13.8. The van der Waals surface area contributed by atoms with Crippen molar-refractivity contribution in [2.45, 2.75) is 24.5 Å². The molecule has 2 aromatic heterocycles. The second-order valence-electron chi connectivity index (χ2n) is 6.16. The number of rotatable bonds is 4. The summed E-state index contributed by atoms with van der Waals surface area (Å²) in [5.74, 6) is -0.0792. The Morgan fingerprint density at radius 2 is 2.12 bits per heavy atom. The van der Waals surface area contributed by atoms with Crippen molar-refractivity contribution in [3.8, 4) is 0 Å². The second kappa shape index (κ2) is 6.90. The molecule has 12 heteroatoms. The summed E-state index contributed by atoms with van der Waals surface area (Å²) in [6.45, 7) is 2.45. The molecule has 0 bridgehead atoms. The number of anilines is 1. The summed E-state index contributed by atoms with van der Waals surface area (Å²) in [6.07, 6.45) is -2.82. The first-order valence-corrected chi connectivity index (χ1v) is 8.24. The summed E-state index contributed by atoms with van der Waals surface area (Å²) in [5.41, 5.74) is 5.31. The molecule has 142 valence electrons. The molecular formula is C14H20N6O6. The standard InChI is InChI=1S/C14H20N6O6/c15-14-17-11-8(12(23)18-14)16-6-20(11)13-10(22)9(21)7(26-13)5-25-19-1-3-24-4-2-19/h6-7,9-10,13,21-22H,1-5H2,(H3,15,17,18,23)/t7-,9-,10-,13-/m1/s1. The fourth-order valence-electron chi connectivity index (χ4n) is 3.08. The number of fused-ring (bicyclic) bond motifs is 1. The highest BCUT2D eigenvalue weighted by Gasteiger charge is 2.44. The van der Waals surface area contributed by atoms with Gasteiger partial charge in [-0.05, 0) is 0 Å². The van der Waals surface area contributed by atoms with Crippen molar-refractivity contribution in [2.75, 3.05) is 38.6 Å². The number of nitrogen functional groups attached to an aromatic ring is 1. The van der Waals surface area contributed by atoms with Gasteiger partial charge in [0.05, 0.1) is 26.1 Å². The topological polar surface area (TPSA) is 161 Å². The lowest BCUT2D eigenvalue weighted by Gasteiger charge is -2.27. The monoisotopic (exact) mass is 368 g/mol. The predicted octanol–water partition coefficient (Wildman–Crippen LogP) is -2.42. The van der Waals surface area contributed by atoms with Gasteiger partial charge in [-0.1, -0.05) is 0 Å². The van der Waals surface area contributed by atoms with Crippen LogP contribution in [0.15, 0.2) is 11.1 Å². The van der Waals surface area contributed by atoms with Gasteiger partial charge in [0.1, 0.15) is 18.3 Å². The first kappa shape index (κ1) is 17.3. The number of aliphatic hydroxyl groups excluding tert-OH is 2. The highest BCUT2D eigenvalue weighted by molar-refractivity contribution is 5.70. The minimum atomic E-state index is -1.24. The fourth-order valence-corrected chi connectivity index (χ4v) is 3.08. The van der Waals surface area contributed by atoms with Gasteiger partial charge in [-0.3, -0.25) is 19.2 Å². The van der Waals surface area contributed by atoms with Crippen LogP contribution in [0.3, 0.4) is 0 Å². The van der Waals surface area contributed by atoms with Gasteiger partial charge >= 0.3 is 0 Å².